The van der Waals surface area contributed by atoms with E-state index in [2.05, 4.69) is 4.98 Å². The SMILES string of the molecule is CC(c1ccccc1O)N(C)C(=O)c1ccc(=O)[nH]c1. The maximum Gasteiger partial charge on any atom is 0.255 e. The van der Waals surface area contributed by atoms with Crippen LogP contribution in [0.3, 0.4) is 0 Å². The third-order valence-electron chi connectivity index (χ3n) is 3.32. The first kappa shape index (κ1) is 13.9. The Hall–Kier alpha value is -2.56. The van der Waals surface area contributed by atoms with Gasteiger partial charge in [0.2, 0.25) is 5.56 Å². The van der Waals surface area contributed by atoms with E-state index >= 15 is 0 Å². The molecule has 5 heteroatoms. The fourth-order valence-corrected chi connectivity index (χ4v) is 1.97. The Labute approximate surface area is 116 Å². The van der Waals surface area contributed by atoms with Gasteiger partial charge in [0, 0.05) is 24.9 Å². The van der Waals surface area contributed by atoms with Crippen molar-refractivity contribution in [2.24, 2.45) is 0 Å². The molecule has 0 aliphatic carbocycles. The molecule has 1 heterocycles. The van der Waals surface area contributed by atoms with E-state index in [9.17, 15) is 14.7 Å². The molecule has 104 valence electrons. The van der Waals surface area contributed by atoms with Crippen LogP contribution in [-0.4, -0.2) is 27.9 Å². The van der Waals surface area contributed by atoms with Crippen LogP contribution in [0.25, 0.3) is 0 Å². The summed E-state index contributed by atoms with van der Waals surface area (Å²) in [6, 6.07) is 9.41. The number of para-hydroxylation sites is 1. The largest absolute Gasteiger partial charge is 0.508 e. The normalized spacial score (nSPS) is 11.9. The molecule has 1 unspecified atom stereocenters. The van der Waals surface area contributed by atoms with Crippen LogP contribution in [0.4, 0.5) is 0 Å². The Kier molecular flexibility index (Phi) is 3.89. The minimum absolute atomic E-state index is 0.154. The van der Waals surface area contributed by atoms with Gasteiger partial charge in [0.05, 0.1) is 11.6 Å². The maximum absolute atomic E-state index is 12.3. The number of benzene rings is 1. The number of carbonyl (C=O) groups is 1. The van der Waals surface area contributed by atoms with Crippen LogP contribution in [-0.2, 0) is 0 Å². The number of H-pyrrole nitrogens is 1. The van der Waals surface area contributed by atoms with Crippen LogP contribution in [0.1, 0.15) is 28.9 Å². The fourth-order valence-electron chi connectivity index (χ4n) is 1.97. The zero-order valence-corrected chi connectivity index (χ0v) is 11.3. The summed E-state index contributed by atoms with van der Waals surface area (Å²) in [4.78, 5) is 27.3. The van der Waals surface area contributed by atoms with Gasteiger partial charge in [-0.3, -0.25) is 9.59 Å². The second-order valence-corrected chi connectivity index (χ2v) is 4.59. The van der Waals surface area contributed by atoms with Crippen molar-refractivity contribution < 1.29 is 9.90 Å². The Morgan fingerprint density at radius 3 is 2.55 bits per heavy atom. The number of amides is 1. The van der Waals surface area contributed by atoms with Gasteiger partial charge in [-0.1, -0.05) is 18.2 Å². The molecule has 0 fully saturated rings. The third kappa shape index (κ3) is 2.71. The zero-order chi connectivity index (χ0) is 14.7. The first-order chi connectivity index (χ1) is 9.50. The highest BCUT2D eigenvalue weighted by atomic mass is 16.3. The molecule has 2 N–H and O–H groups in total. The zero-order valence-electron chi connectivity index (χ0n) is 11.3. The molecule has 20 heavy (non-hydrogen) atoms. The summed E-state index contributed by atoms with van der Waals surface area (Å²) in [5.74, 6) is -0.0712. The van der Waals surface area contributed by atoms with E-state index in [1.54, 1.807) is 25.2 Å². The molecule has 1 atom stereocenters. The summed E-state index contributed by atoms with van der Waals surface area (Å²) in [5, 5.41) is 9.83. The number of nitrogens with zero attached hydrogens (tertiary/aromatic N) is 1. The summed E-state index contributed by atoms with van der Waals surface area (Å²) in [5.41, 5.74) is 0.820. The van der Waals surface area contributed by atoms with E-state index in [0.29, 0.717) is 11.1 Å². The van der Waals surface area contributed by atoms with Gasteiger partial charge in [-0.15, -0.1) is 0 Å². The number of nitrogens with one attached hydrogen (secondary N) is 1. The van der Waals surface area contributed by atoms with Gasteiger partial charge in [-0.05, 0) is 19.1 Å². The lowest BCUT2D eigenvalue weighted by atomic mass is 10.1. The monoisotopic (exact) mass is 272 g/mol. The van der Waals surface area contributed by atoms with Crippen molar-refractivity contribution in [2.75, 3.05) is 7.05 Å². The number of aromatic hydroxyl groups is 1. The second kappa shape index (κ2) is 5.61. The van der Waals surface area contributed by atoms with Gasteiger partial charge >= 0.3 is 0 Å². The molecule has 0 saturated heterocycles. The molecule has 0 spiro atoms. The minimum atomic E-state index is -0.282. The number of phenolic OH excluding ortho intramolecular Hbond substituents is 1. The van der Waals surface area contributed by atoms with Crippen LogP contribution in [0.5, 0.6) is 5.75 Å². The Morgan fingerprint density at radius 2 is 1.95 bits per heavy atom. The van der Waals surface area contributed by atoms with Gasteiger partial charge < -0.3 is 15.0 Å². The van der Waals surface area contributed by atoms with Crippen molar-refractivity contribution in [2.45, 2.75) is 13.0 Å². The summed E-state index contributed by atoms with van der Waals surface area (Å²) in [6.45, 7) is 1.83. The minimum Gasteiger partial charge on any atom is -0.508 e. The van der Waals surface area contributed by atoms with Crippen LogP contribution < -0.4 is 5.56 Å². The molecule has 2 rings (SSSR count). The molecule has 0 saturated carbocycles. The number of phenols is 1. The van der Waals surface area contributed by atoms with E-state index in [0.717, 1.165) is 0 Å². The van der Waals surface area contributed by atoms with Crippen molar-refractivity contribution in [3.63, 3.8) is 0 Å². The van der Waals surface area contributed by atoms with E-state index < -0.39 is 0 Å². The van der Waals surface area contributed by atoms with Crippen molar-refractivity contribution in [1.82, 2.24) is 9.88 Å². The van der Waals surface area contributed by atoms with Crippen molar-refractivity contribution in [3.8, 4) is 5.75 Å². The number of rotatable bonds is 3. The molecule has 1 aromatic heterocycles. The van der Waals surface area contributed by atoms with Crippen molar-refractivity contribution >= 4 is 5.91 Å². The number of carbonyl (C=O) groups excluding carboxylic acids is 1. The average Bonchev–Trinajstić information content (AvgIpc) is 2.46. The number of hydrogen-bond acceptors (Lipinski definition) is 3. The highest BCUT2D eigenvalue weighted by Gasteiger charge is 2.20. The topological polar surface area (TPSA) is 73.4 Å². The van der Waals surface area contributed by atoms with Crippen LogP contribution in [0, 0.1) is 0 Å². The lowest BCUT2D eigenvalue weighted by Crippen LogP contribution is -2.30. The lowest BCUT2D eigenvalue weighted by Gasteiger charge is -2.25. The maximum atomic E-state index is 12.3. The molecule has 5 nitrogen and oxygen atoms in total. The van der Waals surface area contributed by atoms with Gasteiger partial charge in [-0.2, -0.15) is 0 Å². The summed E-state index contributed by atoms with van der Waals surface area (Å²) in [7, 11) is 1.66. The molecule has 0 bridgehead atoms. The molecule has 0 aliphatic rings. The Morgan fingerprint density at radius 1 is 1.25 bits per heavy atom. The highest BCUT2D eigenvalue weighted by molar-refractivity contribution is 5.94. The molecule has 1 amide bonds. The van der Waals surface area contributed by atoms with Crippen LogP contribution >= 0.6 is 0 Å². The summed E-state index contributed by atoms with van der Waals surface area (Å²) < 4.78 is 0. The van der Waals surface area contributed by atoms with E-state index in [-0.39, 0.29) is 23.3 Å². The standard InChI is InChI=1S/C15H16N2O3/c1-10(12-5-3-4-6-13(12)18)17(2)15(20)11-7-8-14(19)16-9-11/h3-10,18H,1-2H3,(H,16,19). The molecule has 2 aromatic rings. The number of aromatic amines is 1. The first-order valence-electron chi connectivity index (χ1n) is 6.24. The molecule has 0 aliphatic heterocycles. The summed E-state index contributed by atoms with van der Waals surface area (Å²) >= 11 is 0. The third-order valence-corrected chi connectivity index (χ3v) is 3.32. The Bertz CT molecular complexity index is 658. The molecule has 1 aromatic carbocycles. The molecular weight excluding hydrogens is 256 g/mol. The fraction of sp³-hybridized carbons (Fsp3) is 0.200. The number of aromatic nitrogens is 1. The van der Waals surface area contributed by atoms with Crippen LogP contribution in [0.15, 0.2) is 47.4 Å². The number of pyridine rings is 1. The lowest BCUT2D eigenvalue weighted by molar-refractivity contribution is 0.0741. The first-order valence-corrected chi connectivity index (χ1v) is 6.24. The van der Waals surface area contributed by atoms with E-state index in [1.165, 1.54) is 23.2 Å². The predicted molar refractivity (Wildman–Crippen MR) is 75.7 cm³/mol. The Balaban J connectivity index is 2.24. The van der Waals surface area contributed by atoms with Gasteiger partial charge in [0.25, 0.3) is 5.91 Å². The van der Waals surface area contributed by atoms with Crippen molar-refractivity contribution in [1.29, 1.82) is 0 Å². The van der Waals surface area contributed by atoms with Crippen molar-refractivity contribution in [3.05, 3.63) is 64.1 Å². The number of hydrogen-bond donors (Lipinski definition) is 2. The van der Waals surface area contributed by atoms with Gasteiger partial charge in [0.15, 0.2) is 0 Å². The summed E-state index contributed by atoms with van der Waals surface area (Å²) in [6.07, 6.45) is 1.39. The molecular formula is C15H16N2O3. The van der Waals surface area contributed by atoms with E-state index in [4.69, 9.17) is 0 Å². The second-order valence-electron chi connectivity index (χ2n) is 4.59. The predicted octanol–water partition coefficient (Wildman–Crippen LogP) is 1.91. The quantitative estimate of drug-likeness (QED) is 0.896. The van der Waals surface area contributed by atoms with E-state index in [1.807, 2.05) is 13.0 Å². The highest BCUT2D eigenvalue weighted by Crippen LogP contribution is 2.27. The van der Waals surface area contributed by atoms with Crippen LogP contribution in [0.2, 0.25) is 0 Å². The van der Waals surface area contributed by atoms with Gasteiger partial charge in [-0.25, -0.2) is 0 Å². The molecule has 0 radical (unpaired) electrons. The average molecular weight is 272 g/mol. The smallest absolute Gasteiger partial charge is 0.255 e. The van der Waals surface area contributed by atoms with Gasteiger partial charge in [0.1, 0.15) is 5.75 Å².